The van der Waals surface area contributed by atoms with E-state index in [2.05, 4.69) is 20.3 Å². The molecule has 2 aliphatic heterocycles. The number of rotatable bonds is 3. The molecule has 5 N–H and O–H groups in total. The normalized spacial score (nSPS) is 29.1. The van der Waals surface area contributed by atoms with Crippen LogP contribution >= 0.6 is 22.2 Å². The first-order valence-electron chi connectivity index (χ1n) is 10.3. The molecule has 1 aromatic carbocycles. The molecule has 2 aliphatic rings. The van der Waals surface area contributed by atoms with Crippen molar-refractivity contribution in [3.05, 3.63) is 58.9 Å². The van der Waals surface area contributed by atoms with Crippen LogP contribution < -0.4 is 11.1 Å². The molecule has 0 unspecified atom stereocenters. The van der Waals surface area contributed by atoms with Gasteiger partial charge in [-0.15, -0.1) is 0 Å². The zero-order valence-electron chi connectivity index (χ0n) is 17.8. The average molecular weight is 494 g/mol. The molecule has 4 heterocycles. The first-order chi connectivity index (χ1) is 15.5. The fourth-order valence-electron chi connectivity index (χ4n) is 4.87. The minimum Gasteiger partial charge on any atom is -0.386 e. The van der Waals surface area contributed by atoms with Crippen molar-refractivity contribution in [1.82, 2.24) is 9.97 Å². The van der Waals surface area contributed by atoms with Gasteiger partial charge in [0.15, 0.2) is 11.6 Å². The average Bonchev–Trinajstić information content (AvgIpc) is 2.94. The molecule has 2 bridgehead atoms. The number of aromatic nitrogens is 2. The molecular weight excluding hydrogens is 472 g/mol. The maximum absolute atomic E-state index is 15.1. The van der Waals surface area contributed by atoms with Crippen LogP contribution in [0, 0.1) is 11.6 Å². The van der Waals surface area contributed by atoms with Crippen molar-refractivity contribution in [3.63, 3.8) is 0 Å². The van der Waals surface area contributed by atoms with Crippen LogP contribution in [0.15, 0.2) is 41.7 Å². The van der Waals surface area contributed by atoms with Gasteiger partial charge in [-0.05, 0) is 51.0 Å². The van der Waals surface area contributed by atoms with E-state index >= 15 is 4.39 Å². The maximum atomic E-state index is 15.1. The molecule has 5 rings (SSSR count). The third kappa shape index (κ3) is 3.12. The Kier molecular flexibility index (Phi) is 4.88. The summed E-state index contributed by atoms with van der Waals surface area (Å²) in [4.78, 5) is 12.9. The van der Waals surface area contributed by atoms with Crippen LogP contribution in [0.3, 0.4) is 0 Å². The molecule has 2 aromatic heterocycles. The van der Waals surface area contributed by atoms with Gasteiger partial charge < -0.3 is 11.1 Å². The van der Waals surface area contributed by atoms with Gasteiger partial charge in [-0.2, -0.15) is 10.6 Å². The van der Waals surface area contributed by atoms with Crippen LogP contribution in [0.2, 0.25) is 5.02 Å². The Balaban J connectivity index is 1.60. The highest BCUT2D eigenvalue weighted by Gasteiger charge is 2.62. The van der Waals surface area contributed by atoms with Crippen LogP contribution in [0.25, 0.3) is 10.9 Å². The molecule has 33 heavy (non-hydrogen) atoms. The summed E-state index contributed by atoms with van der Waals surface area (Å²) in [5.41, 5.74) is 5.79. The minimum atomic E-state index is -3.18. The van der Waals surface area contributed by atoms with Crippen LogP contribution in [0.4, 0.5) is 20.3 Å². The summed E-state index contributed by atoms with van der Waals surface area (Å²) in [6.45, 7) is 3.36. The van der Waals surface area contributed by atoms with Gasteiger partial charge in [-0.1, -0.05) is 11.6 Å². The summed E-state index contributed by atoms with van der Waals surface area (Å²) in [5.74, 6) is -0.745. The number of nitrogens with two attached hydrogens (primary N) is 1. The molecule has 1 fully saturated rings. The molecule has 0 aliphatic carbocycles. The van der Waals surface area contributed by atoms with Gasteiger partial charge in [-0.25, -0.2) is 13.8 Å². The summed E-state index contributed by atoms with van der Waals surface area (Å²) in [6.07, 6.45) is 3.35. The van der Waals surface area contributed by atoms with Gasteiger partial charge in [-0.3, -0.25) is 19.1 Å². The molecule has 0 spiro atoms. The van der Waals surface area contributed by atoms with E-state index in [-0.39, 0.29) is 33.1 Å². The third-order valence-corrected chi connectivity index (χ3v) is 10.3. The Hall–Kier alpha value is -2.53. The number of aliphatic imine (C=N–C) groups is 1. The lowest BCUT2D eigenvalue weighted by Crippen LogP contribution is -2.53. The Morgan fingerprint density at radius 3 is 2.67 bits per heavy atom. The fourth-order valence-corrected chi connectivity index (χ4v) is 7.70. The number of fused-ring (bicyclic) bond motifs is 3. The quantitative estimate of drug-likeness (QED) is 0.379. The molecule has 3 atom stereocenters. The van der Waals surface area contributed by atoms with E-state index in [0.717, 1.165) is 6.20 Å². The highest BCUT2D eigenvalue weighted by Crippen LogP contribution is 2.71. The number of anilines is 2. The van der Waals surface area contributed by atoms with Gasteiger partial charge in [0.1, 0.15) is 27.5 Å². The number of benzene rings is 1. The number of pyridine rings is 2. The molecule has 11 heteroatoms. The smallest absolute Gasteiger partial charge is 0.157 e. The van der Waals surface area contributed by atoms with E-state index in [0.29, 0.717) is 18.5 Å². The van der Waals surface area contributed by atoms with Gasteiger partial charge in [0, 0.05) is 22.8 Å². The number of hydrogen-bond donors (Lipinski definition) is 4. The van der Waals surface area contributed by atoms with Crippen molar-refractivity contribution in [1.29, 1.82) is 0 Å². The Morgan fingerprint density at radius 1 is 1.15 bits per heavy atom. The van der Waals surface area contributed by atoms with Crippen LogP contribution in [0.1, 0.15) is 32.3 Å². The van der Waals surface area contributed by atoms with Crippen molar-refractivity contribution >= 4 is 50.4 Å². The molecule has 0 saturated carbocycles. The first kappa shape index (κ1) is 22.3. The van der Waals surface area contributed by atoms with Crippen LogP contribution in [-0.2, 0) is 5.54 Å². The predicted octanol–water partition coefficient (Wildman–Crippen LogP) is 5.56. The van der Waals surface area contributed by atoms with E-state index in [1.807, 2.05) is 0 Å². The van der Waals surface area contributed by atoms with Crippen molar-refractivity contribution in [2.75, 3.05) is 5.32 Å². The second-order valence-corrected chi connectivity index (χ2v) is 11.9. The largest absolute Gasteiger partial charge is 0.386 e. The van der Waals surface area contributed by atoms with Crippen molar-refractivity contribution < 1.29 is 17.9 Å². The number of hydrogen-bond acceptors (Lipinski definition) is 7. The highest BCUT2D eigenvalue weighted by molar-refractivity contribution is 8.26. The molecule has 7 nitrogen and oxygen atoms in total. The van der Waals surface area contributed by atoms with Gasteiger partial charge >= 0.3 is 0 Å². The van der Waals surface area contributed by atoms with E-state index in [9.17, 15) is 13.5 Å². The molecule has 1 saturated heterocycles. The Bertz CT molecular complexity index is 1340. The van der Waals surface area contributed by atoms with Crippen LogP contribution in [-0.4, -0.2) is 34.9 Å². The number of nitrogens with one attached hydrogen (secondary N) is 1. The third-order valence-electron chi connectivity index (χ3n) is 6.88. The fraction of sp³-hybridized carbons (Fsp3) is 0.318. The number of halogens is 3. The van der Waals surface area contributed by atoms with Crippen LogP contribution in [0.5, 0.6) is 0 Å². The SMILES string of the molecule is C[C@]12CC[C@H]([C@@](C)(c3cc(Nc4ncc(F)c5cc(Cl)cnc45)ccc3F)N=C1N)S2(O)O. The molecule has 0 amide bonds. The Morgan fingerprint density at radius 2 is 1.91 bits per heavy atom. The number of amidine groups is 1. The second-order valence-electron chi connectivity index (χ2n) is 8.82. The van der Waals surface area contributed by atoms with Gasteiger partial charge in [0.2, 0.25) is 0 Å². The first-order valence-corrected chi connectivity index (χ1v) is 12.3. The lowest BCUT2D eigenvalue weighted by Gasteiger charge is -2.54. The maximum Gasteiger partial charge on any atom is 0.157 e. The van der Waals surface area contributed by atoms with E-state index in [1.54, 1.807) is 13.8 Å². The summed E-state index contributed by atoms with van der Waals surface area (Å²) in [6, 6.07) is 5.75. The van der Waals surface area contributed by atoms with Gasteiger partial charge in [0.25, 0.3) is 0 Å². The monoisotopic (exact) mass is 493 g/mol. The summed E-state index contributed by atoms with van der Waals surface area (Å²) >= 11 is 5.95. The van der Waals surface area contributed by atoms with E-state index < -0.39 is 37.8 Å². The van der Waals surface area contributed by atoms with Crippen molar-refractivity contribution in [2.24, 2.45) is 10.7 Å². The molecular formula is C22H22ClF2N5O2S. The zero-order chi connectivity index (χ0) is 23.8. The summed E-state index contributed by atoms with van der Waals surface area (Å²) in [7, 11) is -3.18. The van der Waals surface area contributed by atoms with Crippen molar-refractivity contribution in [2.45, 2.75) is 42.2 Å². The standard InChI is InChI=1S/C22H22ClF2N5O2S/c1-21-6-5-17(33(21,31)32)22(2,30-20(21)26)14-8-12(3-4-15(14)24)29-19-18-13(16(25)10-28-19)7-11(23)9-27-18/h3-4,7-10,17,31-32H,5-6H2,1-2H3,(H2,26,30)(H,28,29)/t17-,21+,22-/m1/s1. The lowest BCUT2D eigenvalue weighted by molar-refractivity contribution is 0.386. The van der Waals surface area contributed by atoms with Crippen molar-refractivity contribution in [3.8, 4) is 0 Å². The molecule has 174 valence electrons. The Labute approximate surface area is 195 Å². The highest BCUT2D eigenvalue weighted by atomic mass is 35.5. The topological polar surface area (TPSA) is 117 Å². The molecule has 0 radical (unpaired) electrons. The summed E-state index contributed by atoms with van der Waals surface area (Å²) < 4.78 is 50.4. The molecule has 3 aromatic rings. The summed E-state index contributed by atoms with van der Waals surface area (Å²) in [5, 5.41) is 2.85. The number of nitrogens with zero attached hydrogens (tertiary/aromatic N) is 3. The second kappa shape index (κ2) is 7.23. The van der Waals surface area contributed by atoms with E-state index in [1.165, 1.54) is 30.5 Å². The predicted molar refractivity (Wildman–Crippen MR) is 127 cm³/mol. The zero-order valence-corrected chi connectivity index (χ0v) is 19.4. The van der Waals surface area contributed by atoms with E-state index in [4.69, 9.17) is 17.3 Å². The lowest BCUT2D eigenvalue weighted by atomic mass is 9.86. The minimum absolute atomic E-state index is 0.115. The van der Waals surface area contributed by atoms with Gasteiger partial charge in [0.05, 0.1) is 16.5 Å².